The number of carbonyl (C=O) groups is 2. The molecule has 1 aromatic heterocycles. The van der Waals surface area contributed by atoms with Crippen LogP contribution in [0.15, 0.2) is 54.4 Å². The van der Waals surface area contributed by atoms with E-state index in [0.717, 1.165) is 16.5 Å². The molecule has 0 spiro atoms. The van der Waals surface area contributed by atoms with Crippen LogP contribution in [0.2, 0.25) is 0 Å². The van der Waals surface area contributed by atoms with Gasteiger partial charge in [0.05, 0.1) is 5.56 Å². The van der Waals surface area contributed by atoms with E-state index in [1.54, 1.807) is 18.2 Å². The normalized spacial score (nSPS) is 14.5. The lowest BCUT2D eigenvalue weighted by Crippen LogP contribution is -2.09. The van der Waals surface area contributed by atoms with E-state index in [-0.39, 0.29) is 11.5 Å². The largest absolute Gasteiger partial charge is 0.482 e. The molecule has 1 N–H and O–H groups in total. The molecule has 1 aliphatic heterocycles. The fourth-order valence-corrected chi connectivity index (χ4v) is 3.03. The highest BCUT2D eigenvalue weighted by Crippen LogP contribution is 2.35. The van der Waals surface area contributed by atoms with Gasteiger partial charge in [-0.3, -0.25) is 4.79 Å². The molecule has 3 aromatic rings. The topological polar surface area (TPSA) is 77.8 Å². The lowest BCUT2D eigenvalue weighted by molar-refractivity contribution is -0.139. The van der Waals surface area contributed by atoms with Crippen LogP contribution in [-0.2, 0) is 11.8 Å². The van der Waals surface area contributed by atoms with Gasteiger partial charge in [0.25, 0.3) is 0 Å². The highest BCUT2D eigenvalue weighted by atomic mass is 16.5. The van der Waals surface area contributed by atoms with Crippen molar-refractivity contribution in [2.24, 2.45) is 7.05 Å². The summed E-state index contributed by atoms with van der Waals surface area (Å²) in [4.78, 5) is 23.2. The Balaban J connectivity index is 1.67. The number of fused-ring (bicyclic) bond motifs is 2. The van der Waals surface area contributed by atoms with Crippen molar-refractivity contribution in [3.8, 4) is 11.5 Å². The van der Waals surface area contributed by atoms with Gasteiger partial charge in [0, 0.05) is 35.8 Å². The first-order valence-electron chi connectivity index (χ1n) is 8.00. The van der Waals surface area contributed by atoms with Gasteiger partial charge in [-0.25, -0.2) is 4.79 Å². The average molecular weight is 349 g/mol. The van der Waals surface area contributed by atoms with Crippen molar-refractivity contribution in [3.63, 3.8) is 0 Å². The number of rotatable bonds is 4. The molecule has 0 amide bonds. The molecule has 0 fully saturated rings. The first-order chi connectivity index (χ1) is 12.5. The highest BCUT2D eigenvalue weighted by Gasteiger charge is 2.28. The number of carboxylic acids is 1. The molecule has 0 atom stereocenters. The predicted molar refractivity (Wildman–Crippen MR) is 95.4 cm³/mol. The molecule has 2 aromatic carbocycles. The van der Waals surface area contributed by atoms with E-state index in [4.69, 9.17) is 14.6 Å². The summed E-state index contributed by atoms with van der Waals surface area (Å²) in [7, 11) is 1.95. The number of aromatic nitrogens is 1. The zero-order chi connectivity index (χ0) is 18.3. The molecular weight excluding hydrogens is 334 g/mol. The van der Waals surface area contributed by atoms with E-state index in [9.17, 15) is 9.59 Å². The Labute approximate surface area is 148 Å². The SMILES string of the molecule is Cn1cc(/C=C2\Oc3cc(OCC(=O)O)ccc3C2=O)c2ccccc21. The average Bonchev–Trinajstić information content (AvgIpc) is 3.11. The van der Waals surface area contributed by atoms with Crippen molar-refractivity contribution >= 4 is 28.7 Å². The first-order valence-corrected chi connectivity index (χ1v) is 8.00. The van der Waals surface area contributed by atoms with Crippen molar-refractivity contribution in [1.82, 2.24) is 4.57 Å². The summed E-state index contributed by atoms with van der Waals surface area (Å²) in [6.07, 6.45) is 3.67. The second-order valence-electron chi connectivity index (χ2n) is 5.99. The number of aliphatic carboxylic acids is 1. The molecule has 1 aliphatic rings. The summed E-state index contributed by atoms with van der Waals surface area (Å²) in [5.41, 5.74) is 2.38. The Hall–Kier alpha value is -3.54. The number of carbonyl (C=O) groups excluding carboxylic acids is 1. The summed E-state index contributed by atoms with van der Waals surface area (Å²) < 4.78 is 12.8. The molecule has 6 nitrogen and oxygen atoms in total. The van der Waals surface area contributed by atoms with Gasteiger partial charge in [0.1, 0.15) is 11.5 Å². The minimum Gasteiger partial charge on any atom is -0.482 e. The van der Waals surface area contributed by atoms with Gasteiger partial charge in [-0.1, -0.05) is 18.2 Å². The number of hydrogen-bond acceptors (Lipinski definition) is 4. The Morgan fingerprint density at radius 3 is 2.88 bits per heavy atom. The zero-order valence-corrected chi connectivity index (χ0v) is 13.9. The number of Topliss-reactive ketones (excluding diaryl/α,β-unsaturated/α-hetero) is 1. The number of nitrogens with zero attached hydrogens (tertiary/aromatic N) is 1. The monoisotopic (exact) mass is 349 g/mol. The van der Waals surface area contributed by atoms with Gasteiger partial charge < -0.3 is 19.1 Å². The zero-order valence-electron chi connectivity index (χ0n) is 13.9. The van der Waals surface area contributed by atoms with Crippen LogP contribution in [0.1, 0.15) is 15.9 Å². The van der Waals surface area contributed by atoms with Gasteiger partial charge in [-0.2, -0.15) is 0 Å². The summed E-state index contributed by atoms with van der Waals surface area (Å²) in [6, 6.07) is 12.6. The standard InChI is InChI=1S/C20H15NO5/c1-21-10-12(14-4-2-3-5-16(14)21)8-18-20(24)15-7-6-13(9-17(15)26-18)25-11-19(22)23/h2-10H,11H2,1H3,(H,22,23)/b18-8-. The molecule has 26 heavy (non-hydrogen) atoms. The van der Waals surface area contributed by atoms with Crippen LogP contribution in [0.3, 0.4) is 0 Å². The number of para-hydroxylation sites is 1. The van der Waals surface area contributed by atoms with E-state index in [1.807, 2.05) is 42.1 Å². The van der Waals surface area contributed by atoms with Crippen LogP contribution in [0, 0.1) is 0 Å². The molecule has 0 radical (unpaired) electrons. The van der Waals surface area contributed by atoms with Crippen molar-refractivity contribution in [1.29, 1.82) is 0 Å². The summed E-state index contributed by atoms with van der Waals surface area (Å²) >= 11 is 0. The molecule has 0 saturated heterocycles. The van der Waals surface area contributed by atoms with E-state index >= 15 is 0 Å². The van der Waals surface area contributed by atoms with Crippen LogP contribution < -0.4 is 9.47 Å². The van der Waals surface area contributed by atoms with Crippen molar-refractivity contribution in [2.45, 2.75) is 0 Å². The third-order valence-corrected chi connectivity index (χ3v) is 4.22. The lowest BCUT2D eigenvalue weighted by Gasteiger charge is -2.04. The fraction of sp³-hybridized carbons (Fsp3) is 0.100. The van der Waals surface area contributed by atoms with E-state index < -0.39 is 12.6 Å². The maximum absolute atomic E-state index is 12.6. The minimum absolute atomic E-state index is 0.210. The molecule has 0 aliphatic carbocycles. The maximum atomic E-state index is 12.6. The fourth-order valence-electron chi connectivity index (χ4n) is 3.03. The van der Waals surface area contributed by atoms with Gasteiger partial charge >= 0.3 is 5.97 Å². The third kappa shape index (κ3) is 2.71. The van der Waals surface area contributed by atoms with Crippen LogP contribution in [-0.4, -0.2) is 28.0 Å². The smallest absolute Gasteiger partial charge is 0.341 e. The van der Waals surface area contributed by atoms with Crippen LogP contribution in [0.5, 0.6) is 11.5 Å². The molecule has 130 valence electrons. The maximum Gasteiger partial charge on any atom is 0.341 e. The van der Waals surface area contributed by atoms with Crippen molar-refractivity contribution < 1.29 is 24.2 Å². The second kappa shape index (κ2) is 6.07. The number of carboxylic acid groups (broad SMARTS) is 1. The molecule has 6 heteroatoms. The second-order valence-corrected chi connectivity index (χ2v) is 5.99. The Kier molecular flexibility index (Phi) is 3.73. The van der Waals surface area contributed by atoms with Crippen molar-refractivity contribution in [3.05, 3.63) is 65.5 Å². The number of ketones is 1. The Morgan fingerprint density at radius 1 is 1.27 bits per heavy atom. The van der Waals surface area contributed by atoms with E-state index in [2.05, 4.69) is 0 Å². The van der Waals surface area contributed by atoms with Gasteiger partial charge in [-0.05, 0) is 24.3 Å². The number of benzene rings is 2. The number of aryl methyl sites for hydroxylation is 1. The van der Waals surface area contributed by atoms with Gasteiger partial charge in [0.15, 0.2) is 12.4 Å². The summed E-state index contributed by atoms with van der Waals surface area (Å²) in [5.74, 6) is -0.349. The summed E-state index contributed by atoms with van der Waals surface area (Å²) in [6.45, 7) is -0.453. The molecular formula is C20H15NO5. The molecule has 0 bridgehead atoms. The van der Waals surface area contributed by atoms with Crippen LogP contribution >= 0.6 is 0 Å². The number of ether oxygens (including phenoxy) is 2. The molecule has 0 unspecified atom stereocenters. The first kappa shape index (κ1) is 16.0. The lowest BCUT2D eigenvalue weighted by atomic mass is 10.1. The van der Waals surface area contributed by atoms with E-state index in [0.29, 0.717) is 17.1 Å². The number of allylic oxidation sites excluding steroid dienone is 1. The quantitative estimate of drug-likeness (QED) is 0.732. The Morgan fingerprint density at radius 2 is 2.08 bits per heavy atom. The van der Waals surface area contributed by atoms with Gasteiger partial charge in [0.2, 0.25) is 5.78 Å². The highest BCUT2D eigenvalue weighted by molar-refractivity contribution is 6.15. The molecule has 4 rings (SSSR count). The molecule has 0 saturated carbocycles. The Bertz CT molecular complexity index is 1080. The van der Waals surface area contributed by atoms with Crippen LogP contribution in [0.4, 0.5) is 0 Å². The van der Waals surface area contributed by atoms with Crippen molar-refractivity contribution in [2.75, 3.05) is 6.61 Å². The summed E-state index contributed by atoms with van der Waals surface area (Å²) in [5, 5.41) is 9.71. The van der Waals surface area contributed by atoms with E-state index in [1.165, 1.54) is 6.07 Å². The van der Waals surface area contributed by atoms with Crippen LogP contribution in [0.25, 0.3) is 17.0 Å². The molecule has 2 heterocycles. The predicted octanol–water partition coefficient (Wildman–Crippen LogP) is 3.26. The third-order valence-electron chi connectivity index (χ3n) is 4.22. The van der Waals surface area contributed by atoms with Gasteiger partial charge in [-0.15, -0.1) is 0 Å². The number of hydrogen-bond donors (Lipinski definition) is 1. The minimum atomic E-state index is -1.07.